The number of ether oxygens (including phenoxy) is 2. The molecule has 1 saturated heterocycles. The van der Waals surface area contributed by atoms with Crippen molar-refractivity contribution < 1.29 is 23.9 Å². The summed E-state index contributed by atoms with van der Waals surface area (Å²) in [6, 6.07) is 6.44. The van der Waals surface area contributed by atoms with E-state index in [1.807, 2.05) is 0 Å². The van der Waals surface area contributed by atoms with E-state index >= 15 is 0 Å². The summed E-state index contributed by atoms with van der Waals surface area (Å²) in [5.41, 5.74) is 0. The standard InChI is InChI=1S/C14H16N2O5/c1-3-15-12(17)13(18)16(14(15)19)8-9-21-11-7-5-4-6-10(11)20-2/h4-7H,3,8-9H2,1-2H3. The van der Waals surface area contributed by atoms with E-state index in [2.05, 4.69) is 0 Å². The molecule has 1 heterocycles. The number of para-hydroxylation sites is 2. The van der Waals surface area contributed by atoms with Gasteiger partial charge in [0.1, 0.15) is 6.61 Å². The zero-order valence-corrected chi connectivity index (χ0v) is 11.9. The first-order valence-electron chi connectivity index (χ1n) is 6.53. The molecule has 1 aliphatic heterocycles. The minimum atomic E-state index is -0.814. The fourth-order valence-electron chi connectivity index (χ4n) is 2.01. The maximum atomic E-state index is 11.9. The topological polar surface area (TPSA) is 76.2 Å². The van der Waals surface area contributed by atoms with E-state index in [1.54, 1.807) is 31.2 Å². The number of benzene rings is 1. The molecule has 112 valence electrons. The number of rotatable bonds is 6. The van der Waals surface area contributed by atoms with Crippen molar-refractivity contribution in [3.8, 4) is 11.5 Å². The Hall–Kier alpha value is -2.57. The number of carbonyl (C=O) groups is 3. The smallest absolute Gasteiger partial charge is 0.334 e. The van der Waals surface area contributed by atoms with Gasteiger partial charge in [0.2, 0.25) is 0 Å². The van der Waals surface area contributed by atoms with Crippen LogP contribution in [0.4, 0.5) is 4.79 Å². The van der Waals surface area contributed by atoms with Gasteiger partial charge in [0.05, 0.1) is 13.7 Å². The third-order valence-electron chi connectivity index (χ3n) is 3.09. The fourth-order valence-corrected chi connectivity index (χ4v) is 2.01. The zero-order chi connectivity index (χ0) is 15.4. The van der Waals surface area contributed by atoms with Crippen molar-refractivity contribution in [1.29, 1.82) is 0 Å². The number of hydrogen-bond acceptors (Lipinski definition) is 5. The highest BCUT2D eigenvalue weighted by atomic mass is 16.5. The molecular formula is C14H16N2O5. The number of urea groups is 1. The predicted octanol–water partition coefficient (Wildman–Crippen LogP) is 0.885. The monoisotopic (exact) mass is 292 g/mol. The molecule has 4 amide bonds. The minimum absolute atomic E-state index is 0.0119. The van der Waals surface area contributed by atoms with Gasteiger partial charge in [-0.25, -0.2) is 4.79 Å². The number of nitrogens with zero attached hydrogens (tertiary/aromatic N) is 2. The quantitative estimate of drug-likeness (QED) is 0.575. The Balaban J connectivity index is 1.96. The van der Waals surface area contributed by atoms with E-state index in [1.165, 1.54) is 7.11 Å². The van der Waals surface area contributed by atoms with Crippen LogP contribution >= 0.6 is 0 Å². The van der Waals surface area contributed by atoms with Crippen molar-refractivity contribution >= 4 is 17.8 Å². The second kappa shape index (κ2) is 6.25. The normalized spacial score (nSPS) is 14.9. The lowest BCUT2D eigenvalue weighted by Gasteiger charge is -2.15. The van der Waals surface area contributed by atoms with Gasteiger partial charge in [0.25, 0.3) is 0 Å². The molecule has 0 aromatic heterocycles. The summed E-state index contributed by atoms with van der Waals surface area (Å²) in [6.07, 6.45) is 0. The summed E-state index contributed by atoms with van der Waals surface area (Å²) in [7, 11) is 1.52. The van der Waals surface area contributed by atoms with Crippen LogP contribution in [0.25, 0.3) is 0 Å². The van der Waals surface area contributed by atoms with E-state index in [0.717, 1.165) is 9.80 Å². The highest BCUT2D eigenvalue weighted by molar-refractivity contribution is 6.44. The van der Waals surface area contributed by atoms with Crippen LogP contribution in [0.1, 0.15) is 6.92 Å². The Morgan fingerprint density at radius 3 is 2.19 bits per heavy atom. The van der Waals surface area contributed by atoms with Gasteiger partial charge in [-0.3, -0.25) is 19.4 Å². The molecule has 0 aliphatic carbocycles. The van der Waals surface area contributed by atoms with Crippen molar-refractivity contribution in [3.05, 3.63) is 24.3 Å². The second-order valence-electron chi connectivity index (χ2n) is 4.29. The van der Waals surface area contributed by atoms with Crippen LogP contribution in [-0.2, 0) is 9.59 Å². The van der Waals surface area contributed by atoms with E-state index < -0.39 is 17.8 Å². The predicted molar refractivity (Wildman–Crippen MR) is 73.0 cm³/mol. The molecule has 1 aromatic rings. The Bertz CT molecular complexity index is 572. The van der Waals surface area contributed by atoms with E-state index in [4.69, 9.17) is 9.47 Å². The van der Waals surface area contributed by atoms with Crippen molar-refractivity contribution in [1.82, 2.24) is 9.80 Å². The van der Waals surface area contributed by atoms with Crippen molar-refractivity contribution in [2.24, 2.45) is 0 Å². The lowest BCUT2D eigenvalue weighted by molar-refractivity contribution is -0.143. The van der Waals surface area contributed by atoms with Crippen molar-refractivity contribution in [2.75, 3.05) is 26.8 Å². The second-order valence-corrected chi connectivity index (χ2v) is 4.29. The summed E-state index contributed by atoms with van der Waals surface area (Å²) in [4.78, 5) is 36.9. The highest BCUT2D eigenvalue weighted by Crippen LogP contribution is 2.25. The third-order valence-corrected chi connectivity index (χ3v) is 3.09. The van der Waals surface area contributed by atoms with Gasteiger partial charge in [-0.2, -0.15) is 0 Å². The molecule has 7 nitrogen and oxygen atoms in total. The van der Waals surface area contributed by atoms with Gasteiger partial charge in [-0.1, -0.05) is 12.1 Å². The summed E-state index contributed by atoms with van der Waals surface area (Å²) in [5.74, 6) is -0.536. The summed E-state index contributed by atoms with van der Waals surface area (Å²) in [5, 5.41) is 0. The van der Waals surface area contributed by atoms with Gasteiger partial charge in [-0.15, -0.1) is 0 Å². The molecule has 0 saturated carbocycles. The van der Waals surface area contributed by atoms with E-state index in [-0.39, 0.29) is 19.7 Å². The number of hydrogen-bond donors (Lipinski definition) is 0. The van der Waals surface area contributed by atoms with Crippen LogP contribution in [-0.4, -0.2) is 54.5 Å². The summed E-state index contributed by atoms with van der Waals surface area (Å²) >= 11 is 0. The number of methoxy groups -OCH3 is 1. The minimum Gasteiger partial charge on any atom is -0.493 e. The van der Waals surface area contributed by atoms with Crippen LogP contribution < -0.4 is 9.47 Å². The molecule has 0 atom stereocenters. The molecule has 0 radical (unpaired) electrons. The maximum Gasteiger partial charge on any atom is 0.334 e. The average molecular weight is 292 g/mol. The molecule has 7 heteroatoms. The molecule has 0 N–H and O–H groups in total. The van der Waals surface area contributed by atoms with Crippen LogP contribution in [0.2, 0.25) is 0 Å². The molecule has 1 fully saturated rings. The first-order valence-corrected chi connectivity index (χ1v) is 6.53. The van der Waals surface area contributed by atoms with E-state index in [9.17, 15) is 14.4 Å². The molecule has 1 aromatic carbocycles. The average Bonchev–Trinajstić information content (AvgIpc) is 2.71. The van der Waals surface area contributed by atoms with Gasteiger partial charge < -0.3 is 9.47 Å². The fraction of sp³-hybridized carbons (Fsp3) is 0.357. The Labute approximate surface area is 122 Å². The van der Waals surface area contributed by atoms with Gasteiger partial charge >= 0.3 is 17.8 Å². The van der Waals surface area contributed by atoms with Crippen LogP contribution in [0, 0.1) is 0 Å². The lowest BCUT2D eigenvalue weighted by atomic mass is 10.3. The summed E-state index contributed by atoms with van der Waals surface area (Å²) < 4.78 is 10.6. The molecule has 0 unspecified atom stereocenters. The SMILES string of the molecule is CCN1C(=O)C(=O)N(CCOc2ccccc2OC)C1=O. The molecule has 1 aliphatic rings. The van der Waals surface area contributed by atoms with Gasteiger partial charge in [0.15, 0.2) is 11.5 Å². The Morgan fingerprint density at radius 1 is 1.00 bits per heavy atom. The van der Waals surface area contributed by atoms with Crippen molar-refractivity contribution in [3.63, 3.8) is 0 Å². The highest BCUT2D eigenvalue weighted by Gasteiger charge is 2.43. The number of likely N-dealkylation sites (N-methyl/N-ethyl adjacent to an activating group) is 1. The Morgan fingerprint density at radius 2 is 1.62 bits per heavy atom. The third kappa shape index (κ3) is 2.81. The van der Waals surface area contributed by atoms with Gasteiger partial charge in [0, 0.05) is 6.54 Å². The van der Waals surface area contributed by atoms with Crippen molar-refractivity contribution in [2.45, 2.75) is 6.92 Å². The largest absolute Gasteiger partial charge is 0.493 e. The van der Waals surface area contributed by atoms with Gasteiger partial charge in [-0.05, 0) is 19.1 Å². The maximum absolute atomic E-state index is 11.9. The van der Waals surface area contributed by atoms with Crippen LogP contribution in [0.15, 0.2) is 24.3 Å². The molecule has 21 heavy (non-hydrogen) atoms. The zero-order valence-electron chi connectivity index (χ0n) is 11.9. The molecule has 0 bridgehead atoms. The Kier molecular flexibility index (Phi) is 4.42. The molecule has 2 rings (SSSR count). The number of carbonyl (C=O) groups excluding carboxylic acids is 3. The van der Waals surface area contributed by atoms with Crippen LogP contribution in [0.3, 0.4) is 0 Å². The number of amides is 4. The first-order chi connectivity index (χ1) is 10.1. The lowest BCUT2D eigenvalue weighted by Crippen LogP contribution is -2.36. The molecular weight excluding hydrogens is 276 g/mol. The van der Waals surface area contributed by atoms with E-state index in [0.29, 0.717) is 11.5 Å². The number of imide groups is 2. The van der Waals surface area contributed by atoms with Crippen LogP contribution in [0.5, 0.6) is 11.5 Å². The first kappa shape index (κ1) is 14.8. The summed E-state index contributed by atoms with van der Waals surface area (Å²) in [6.45, 7) is 1.91. The molecule has 0 spiro atoms.